The molecule has 0 bridgehead atoms. The summed E-state index contributed by atoms with van der Waals surface area (Å²) in [7, 11) is 0. The second-order valence-corrected chi connectivity index (χ2v) is 5.27. The molecule has 2 N–H and O–H groups in total. The summed E-state index contributed by atoms with van der Waals surface area (Å²) in [5.74, 6) is -0.242. The standard InChI is InChI=1S/C13H22N2O2/c16-12(9-13(17)15-11-7-8-11)14-10-5-3-1-2-4-6-10/h10-11H,1-9H2,(H,14,16)(H,15,17). The lowest BCUT2D eigenvalue weighted by molar-refractivity contribution is -0.129. The Morgan fingerprint density at radius 3 is 1.71 bits per heavy atom. The van der Waals surface area contributed by atoms with E-state index < -0.39 is 0 Å². The van der Waals surface area contributed by atoms with Crippen molar-refractivity contribution in [1.82, 2.24) is 10.6 Å². The Bertz CT molecular complexity index is 279. The molecule has 2 aliphatic carbocycles. The normalized spacial score (nSPS) is 21.6. The van der Waals surface area contributed by atoms with Crippen LogP contribution >= 0.6 is 0 Å². The molecule has 2 saturated carbocycles. The summed E-state index contributed by atoms with van der Waals surface area (Å²) >= 11 is 0. The lowest BCUT2D eigenvalue weighted by atomic mass is 10.1. The molecule has 4 nitrogen and oxygen atoms in total. The van der Waals surface area contributed by atoms with Gasteiger partial charge in [-0.05, 0) is 25.7 Å². The summed E-state index contributed by atoms with van der Waals surface area (Å²) in [4.78, 5) is 23.1. The highest BCUT2D eigenvalue weighted by molar-refractivity contribution is 5.97. The highest BCUT2D eigenvalue weighted by Crippen LogP contribution is 2.19. The predicted octanol–water partition coefficient (Wildman–Crippen LogP) is 1.49. The maximum absolute atomic E-state index is 11.7. The van der Waals surface area contributed by atoms with Gasteiger partial charge in [0, 0.05) is 12.1 Å². The molecule has 0 aromatic heterocycles. The third-order valence-electron chi connectivity index (χ3n) is 3.48. The Morgan fingerprint density at radius 1 is 0.765 bits per heavy atom. The van der Waals surface area contributed by atoms with Crippen molar-refractivity contribution in [2.75, 3.05) is 0 Å². The maximum atomic E-state index is 11.7. The Hall–Kier alpha value is -1.06. The van der Waals surface area contributed by atoms with E-state index in [-0.39, 0.29) is 18.2 Å². The second-order valence-electron chi connectivity index (χ2n) is 5.27. The van der Waals surface area contributed by atoms with Crippen molar-refractivity contribution >= 4 is 11.8 Å². The summed E-state index contributed by atoms with van der Waals surface area (Å²) in [5.41, 5.74) is 0. The van der Waals surface area contributed by atoms with E-state index in [1.165, 1.54) is 25.7 Å². The van der Waals surface area contributed by atoms with E-state index in [1.54, 1.807) is 0 Å². The van der Waals surface area contributed by atoms with E-state index in [4.69, 9.17) is 0 Å². The number of carbonyl (C=O) groups is 2. The average Bonchev–Trinajstić information content (AvgIpc) is 3.05. The molecule has 0 aromatic rings. The molecule has 0 atom stereocenters. The van der Waals surface area contributed by atoms with E-state index in [2.05, 4.69) is 10.6 Å². The first-order valence-electron chi connectivity index (χ1n) is 6.83. The number of amides is 2. The molecule has 2 aliphatic rings. The van der Waals surface area contributed by atoms with Gasteiger partial charge < -0.3 is 10.6 Å². The van der Waals surface area contributed by atoms with Crippen LogP contribution in [-0.4, -0.2) is 23.9 Å². The van der Waals surface area contributed by atoms with E-state index >= 15 is 0 Å². The summed E-state index contributed by atoms with van der Waals surface area (Å²) in [6.45, 7) is 0. The number of carbonyl (C=O) groups excluding carboxylic acids is 2. The van der Waals surface area contributed by atoms with Crippen LogP contribution in [0.25, 0.3) is 0 Å². The van der Waals surface area contributed by atoms with Crippen LogP contribution in [0.5, 0.6) is 0 Å². The van der Waals surface area contributed by atoms with Crippen molar-refractivity contribution in [2.45, 2.75) is 69.9 Å². The van der Waals surface area contributed by atoms with Crippen LogP contribution in [0.3, 0.4) is 0 Å². The number of hydrogen-bond donors (Lipinski definition) is 2. The van der Waals surface area contributed by atoms with E-state index in [0.717, 1.165) is 25.7 Å². The number of hydrogen-bond acceptors (Lipinski definition) is 2. The van der Waals surface area contributed by atoms with Crippen LogP contribution in [-0.2, 0) is 9.59 Å². The van der Waals surface area contributed by atoms with Crippen molar-refractivity contribution in [2.24, 2.45) is 0 Å². The fraction of sp³-hybridized carbons (Fsp3) is 0.846. The molecule has 0 radical (unpaired) electrons. The highest BCUT2D eigenvalue weighted by atomic mass is 16.2. The van der Waals surface area contributed by atoms with Gasteiger partial charge in [0.2, 0.25) is 11.8 Å². The van der Waals surface area contributed by atoms with Gasteiger partial charge in [0.25, 0.3) is 0 Å². The fourth-order valence-electron chi connectivity index (χ4n) is 2.35. The Labute approximate surface area is 103 Å². The molecular formula is C13H22N2O2. The SMILES string of the molecule is O=C(CC(=O)NC1CC1)NC1CCCCCC1. The van der Waals surface area contributed by atoms with Crippen molar-refractivity contribution < 1.29 is 9.59 Å². The third-order valence-corrected chi connectivity index (χ3v) is 3.48. The van der Waals surface area contributed by atoms with Crippen LogP contribution < -0.4 is 10.6 Å². The van der Waals surface area contributed by atoms with Crippen LogP contribution in [0.15, 0.2) is 0 Å². The van der Waals surface area contributed by atoms with Crippen molar-refractivity contribution in [1.29, 1.82) is 0 Å². The quantitative estimate of drug-likeness (QED) is 0.576. The highest BCUT2D eigenvalue weighted by Gasteiger charge is 2.24. The first kappa shape index (κ1) is 12.4. The van der Waals surface area contributed by atoms with Gasteiger partial charge in [0.1, 0.15) is 6.42 Å². The Kier molecular flexibility index (Phi) is 4.40. The molecule has 2 fully saturated rings. The van der Waals surface area contributed by atoms with E-state index in [9.17, 15) is 9.59 Å². The monoisotopic (exact) mass is 238 g/mol. The summed E-state index contributed by atoms with van der Waals surface area (Å²) in [6.07, 6.45) is 9.19. The molecule has 2 rings (SSSR count). The molecule has 2 amide bonds. The fourth-order valence-corrected chi connectivity index (χ4v) is 2.35. The molecule has 4 heteroatoms. The first-order chi connectivity index (χ1) is 8.24. The van der Waals surface area contributed by atoms with Gasteiger partial charge in [-0.2, -0.15) is 0 Å². The van der Waals surface area contributed by atoms with Gasteiger partial charge in [-0.25, -0.2) is 0 Å². The van der Waals surface area contributed by atoms with Gasteiger partial charge in [-0.1, -0.05) is 25.7 Å². The zero-order chi connectivity index (χ0) is 12.1. The number of rotatable bonds is 4. The summed E-state index contributed by atoms with van der Waals surface area (Å²) in [6, 6.07) is 0.631. The summed E-state index contributed by atoms with van der Waals surface area (Å²) < 4.78 is 0. The molecule has 0 spiro atoms. The molecule has 96 valence electrons. The maximum Gasteiger partial charge on any atom is 0.229 e. The number of nitrogens with one attached hydrogen (secondary N) is 2. The van der Waals surface area contributed by atoms with Crippen LogP contribution in [0, 0.1) is 0 Å². The van der Waals surface area contributed by atoms with Crippen LogP contribution in [0.2, 0.25) is 0 Å². The van der Waals surface area contributed by atoms with Gasteiger partial charge in [-0.15, -0.1) is 0 Å². The van der Waals surface area contributed by atoms with Crippen LogP contribution in [0.4, 0.5) is 0 Å². The van der Waals surface area contributed by atoms with E-state index in [0.29, 0.717) is 12.1 Å². The minimum Gasteiger partial charge on any atom is -0.353 e. The molecule has 0 aliphatic heterocycles. The van der Waals surface area contributed by atoms with E-state index in [1.807, 2.05) is 0 Å². The topological polar surface area (TPSA) is 58.2 Å². The van der Waals surface area contributed by atoms with Gasteiger partial charge in [0.05, 0.1) is 0 Å². The minimum atomic E-state index is -0.126. The molecule has 0 aromatic carbocycles. The first-order valence-corrected chi connectivity index (χ1v) is 6.83. The molecule has 17 heavy (non-hydrogen) atoms. The molecule has 0 unspecified atom stereocenters. The zero-order valence-corrected chi connectivity index (χ0v) is 10.3. The van der Waals surface area contributed by atoms with Gasteiger partial charge in [0.15, 0.2) is 0 Å². The predicted molar refractivity (Wildman–Crippen MR) is 65.4 cm³/mol. The van der Waals surface area contributed by atoms with Crippen molar-refractivity contribution in [3.63, 3.8) is 0 Å². The summed E-state index contributed by atoms with van der Waals surface area (Å²) in [5, 5.41) is 5.82. The third kappa shape index (κ3) is 4.75. The average molecular weight is 238 g/mol. The largest absolute Gasteiger partial charge is 0.353 e. The smallest absolute Gasteiger partial charge is 0.229 e. The molecular weight excluding hydrogens is 216 g/mol. The molecule has 0 saturated heterocycles. The minimum absolute atomic E-state index is 0.00694. The second kappa shape index (κ2) is 6.03. The Morgan fingerprint density at radius 2 is 1.24 bits per heavy atom. The zero-order valence-electron chi connectivity index (χ0n) is 10.3. The van der Waals surface area contributed by atoms with Crippen molar-refractivity contribution in [3.8, 4) is 0 Å². The lowest BCUT2D eigenvalue weighted by Gasteiger charge is -2.15. The van der Waals surface area contributed by atoms with Gasteiger partial charge >= 0.3 is 0 Å². The van der Waals surface area contributed by atoms with Crippen LogP contribution in [0.1, 0.15) is 57.8 Å². The Balaban J connectivity index is 1.66. The van der Waals surface area contributed by atoms with Crippen molar-refractivity contribution in [3.05, 3.63) is 0 Å². The lowest BCUT2D eigenvalue weighted by Crippen LogP contribution is -2.38. The van der Waals surface area contributed by atoms with Gasteiger partial charge in [-0.3, -0.25) is 9.59 Å². The molecule has 0 heterocycles.